The number of aromatic nitrogens is 6. The summed E-state index contributed by atoms with van der Waals surface area (Å²) in [6, 6.07) is -8.22. The molecule has 8 heterocycles. The number of carbonyl (C=O) groups excluding carboxylic acids is 11. The molecular formula is C73H96ClF12N18NaO13. The summed E-state index contributed by atoms with van der Waals surface area (Å²) in [5.41, 5.74) is 11.5. The second-order valence-electron chi connectivity index (χ2n) is 30.7. The van der Waals surface area contributed by atoms with Crippen molar-refractivity contribution in [2.24, 2.45) is 35.1 Å². The van der Waals surface area contributed by atoms with Gasteiger partial charge in [-0.2, -0.15) is 26.3 Å². The van der Waals surface area contributed by atoms with Crippen LogP contribution in [-0.4, -0.2) is 224 Å². The minimum Gasteiger partial charge on any atom is -0.662 e. The van der Waals surface area contributed by atoms with Crippen molar-refractivity contribution >= 4 is 78.0 Å². The van der Waals surface area contributed by atoms with Gasteiger partial charge in [0.25, 0.3) is 6.47 Å². The summed E-state index contributed by atoms with van der Waals surface area (Å²) in [5, 5.41) is 32.9. The van der Waals surface area contributed by atoms with Crippen LogP contribution in [0.25, 0.3) is 0 Å². The maximum atomic E-state index is 14.8. The Labute approximate surface area is 699 Å². The number of rotatable bonds is 25. The van der Waals surface area contributed by atoms with Gasteiger partial charge in [-0.1, -0.05) is 55.4 Å². The van der Waals surface area contributed by atoms with Crippen molar-refractivity contribution in [3.05, 3.63) is 93.6 Å². The Morgan fingerprint density at radius 2 is 0.746 bits per heavy atom. The summed E-state index contributed by atoms with van der Waals surface area (Å²) >= 11 is 0. The molecule has 10 atom stereocenters. The fourth-order valence-electron chi connectivity index (χ4n) is 14.8. The Balaban J connectivity index is 0.000000345. The number of carbonyl (C=O) groups is 11. The van der Waals surface area contributed by atoms with Crippen LogP contribution in [0.2, 0.25) is 0 Å². The molecule has 31 nitrogen and oxygen atoms in total. The molecule has 0 saturated carbocycles. The molecule has 0 spiro atoms. The number of benzene rings is 2. The number of nitrogens with two attached hydrogens (primary N) is 2. The molecule has 648 valence electrons. The summed E-state index contributed by atoms with van der Waals surface area (Å²) < 4.78 is 167. The number of hydrogen-bond donors (Lipinski definition) is 6. The summed E-state index contributed by atoms with van der Waals surface area (Å²) in [4.78, 5) is 155. The fraction of sp³-hybridized carbons (Fsp3) is 0.630. The third kappa shape index (κ3) is 24.1. The summed E-state index contributed by atoms with van der Waals surface area (Å²) in [6.45, 7) is 13.3. The first-order chi connectivity index (χ1) is 54.5. The summed E-state index contributed by atoms with van der Waals surface area (Å²) in [6.07, 6.45) is -8.46. The van der Waals surface area contributed by atoms with Crippen LogP contribution in [0.4, 0.5) is 52.7 Å². The molecule has 2 aromatic heterocycles. The van der Waals surface area contributed by atoms with E-state index in [-0.39, 0.29) is 160 Å². The third-order valence-corrected chi connectivity index (χ3v) is 21.2. The molecule has 10 rings (SSSR count). The van der Waals surface area contributed by atoms with Crippen molar-refractivity contribution in [2.75, 3.05) is 39.3 Å². The van der Waals surface area contributed by atoms with Crippen LogP contribution in [0.3, 0.4) is 0 Å². The van der Waals surface area contributed by atoms with Crippen molar-refractivity contribution in [2.45, 2.75) is 231 Å². The summed E-state index contributed by atoms with van der Waals surface area (Å²) in [7, 11) is 0. The van der Waals surface area contributed by atoms with Crippen molar-refractivity contribution in [1.29, 1.82) is 0 Å². The van der Waals surface area contributed by atoms with E-state index in [2.05, 4.69) is 46.5 Å². The van der Waals surface area contributed by atoms with E-state index in [9.17, 15) is 101 Å². The van der Waals surface area contributed by atoms with Gasteiger partial charge in [-0.05, 0) is 111 Å². The van der Waals surface area contributed by atoms with E-state index in [0.29, 0.717) is 75.9 Å². The Morgan fingerprint density at radius 1 is 0.458 bits per heavy atom. The standard InChI is InChI=1S/2C36H47F6N9O5.CH2O3.ClH.Na/c2*1-18(2)29(43)33(55)49-9-5-8-26(49)32(54)45-30(19(3)4)34(56)50-10-6-7-25(50)31(53)44-21(13-20-14-23(38)24(39)16-22(20)37)15-28(52)48-11-12-51-27(17-48)46-47-35(51)36(40,41)42;2-1-4-3;;/h2*14,16,18-19,21,25-26,29-30H,5-13,15,17,43H2,1-4H3,(H,44,53)(H,45,54);1,3H;1H;/q;;;;+1/p-1. The van der Waals surface area contributed by atoms with Gasteiger partial charge in [0, 0.05) is 89.4 Å². The van der Waals surface area contributed by atoms with Gasteiger partial charge in [0.15, 0.2) is 34.9 Å². The molecule has 8 N–H and O–H groups in total. The first-order valence-electron chi connectivity index (χ1n) is 38.0. The zero-order valence-corrected chi connectivity index (χ0v) is 69.1. The van der Waals surface area contributed by atoms with Crippen LogP contribution in [0, 0.1) is 58.6 Å². The molecule has 4 saturated heterocycles. The van der Waals surface area contributed by atoms with Gasteiger partial charge in [-0.15, -0.1) is 32.8 Å². The first kappa shape index (κ1) is 98.0. The van der Waals surface area contributed by atoms with Crippen molar-refractivity contribution in [1.82, 2.24) is 80.2 Å². The molecule has 0 aliphatic carbocycles. The predicted molar refractivity (Wildman–Crippen MR) is 387 cm³/mol. The molecular weight excluding hydrogens is 1620 g/mol. The molecule has 10 unspecified atom stereocenters. The third-order valence-electron chi connectivity index (χ3n) is 21.2. The average Bonchev–Trinajstić information content (AvgIpc) is 1.63. The van der Waals surface area contributed by atoms with E-state index >= 15 is 0 Å². The molecule has 4 aromatic rings. The number of fused-ring (bicyclic) bond motifs is 2. The number of hydrogen-bond acceptors (Lipinski definition) is 19. The minimum absolute atomic E-state index is 0. The fourth-order valence-corrected chi connectivity index (χ4v) is 14.8. The Bertz CT molecular complexity index is 4000. The van der Waals surface area contributed by atoms with Crippen LogP contribution >= 0.6 is 12.4 Å². The molecule has 6 aliphatic rings. The van der Waals surface area contributed by atoms with Gasteiger partial charge < -0.3 is 81.4 Å². The van der Waals surface area contributed by atoms with E-state index in [1.807, 2.05) is 0 Å². The Morgan fingerprint density at radius 3 is 1.03 bits per heavy atom. The van der Waals surface area contributed by atoms with Gasteiger partial charge in [0.05, 0.1) is 25.2 Å². The smallest absolute Gasteiger partial charge is 0.662 e. The minimum atomic E-state index is -4.77. The van der Waals surface area contributed by atoms with E-state index in [0.717, 1.165) is 9.13 Å². The molecule has 45 heteroatoms. The van der Waals surface area contributed by atoms with E-state index in [1.165, 1.54) is 29.4 Å². The predicted octanol–water partition coefficient (Wildman–Crippen LogP) is 0.421. The summed E-state index contributed by atoms with van der Waals surface area (Å²) in [5.74, 6) is -17.4. The number of nitrogens with zero attached hydrogens (tertiary/aromatic N) is 12. The molecule has 118 heavy (non-hydrogen) atoms. The van der Waals surface area contributed by atoms with Gasteiger partial charge in [0.2, 0.25) is 70.7 Å². The quantitative estimate of drug-likeness (QED) is 0.0131. The average molecular weight is 1720 g/mol. The second kappa shape index (κ2) is 42.4. The van der Waals surface area contributed by atoms with E-state index in [4.69, 9.17) is 21.5 Å². The zero-order chi connectivity index (χ0) is 85.9. The van der Waals surface area contributed by atoms with Crippen LogP contribution in [0.5, 0.6) is 0 Å². The molecule has 10 amide bonds. The maximum Gasteiger partial charge on any atom is 1.00 e. The zero-order valence-electron chi connectivity index (χ0n) is 66.3. The Kier molecular flexibility index (Phi) is 35.3. The number of likely N-dealkylation sites (tertiary alicyclic amines) is 4. The van der Waals surface area contributed by atoms with Gasteiger partial charge in [-0.3, -0.25) is 52.7 Å². The molecule has 0 radical (unpaired) electrons. The maximum absolute atomic E-state index is 14.8. The number of halogens is 13. The number of alkyl halides is 6. The van der Waals surface area contributed by atoms with Crippen LogP contribution in [0.1, 0.15) is 154 Å². The van der Waals surface area contributed by atoms with Gasteiger partial charge in [0.1, 0.15) is 47.9 Å². The molecule has 4 fully saturated rings. The van der Waals surface area contributed by atoms with Crippen molar-refractivity contribution < 1.29 is 145 Å². The van der Waals surface area contributed by atoms with Crippen molar-refractivity contribution in [3.63, 3.8) is 0 Å². The number of nitrogens with one attached hydrogen (secondary N) is 4. The van der Waals surface area contributed by atoms with Gasteiger partial charge in [-0.25, -0.2) is 26.3 Å². The number of amides is 10. The molecule has 2 aromatic carbocycles. The first-order valence-corrected chi connectivity index (χ1v) is 38.0. The van der Waals surface area contributed by atoms with E-state index < -0.39 is 204 Å². The Hall–Kier alpha value is -8.78. The largest absolute Gasteiger partial charge is 1.00 e. The second-order valence-corrected chi connectivity index (χ2v) is 30.7. The van der Waals surface area contributed by atoms with Gasteiger partial charge >= 0.3 is 41.9 Å². The van der Waals surface area contributed by atoms with E-state index in [1.54, 1.807) is 55.4 Å². The van der Waals surface area contributed by atoms with Crippen molar-refractivity contribution in [3.8, 4) is 0 Å². The van der Waals surface area contributed by atoms with Crippen LogP contribution < -0.4 is 67.5 Å². The normalized spacial score (nSPS) is 19.4. The molecule has 0 bridgehead atoms. The van der Waals surface area contributed by atoms with Crippen LogP contribution in [-0.2, 0) is 109 Å². The monoisotopic (exact) mass is 1720 g/mol. The topological polar surface area (TPSA) is 401 Å². The molecule has 6 aliphatic heterocycles. The van der Waals surface area contributed by atoms with Crippen LogP contribution in [0.15, 0.2) is 24.3 Å². The SMILES string of the molecule is CC(C)C(N)C(=O)N1CCCC1C(=O)NC(C(=O)N1CCCC1C(=O)NC(CC(=O)N1CCn2c(nnc2C(F)(F)F)C1)Cc1cc(F)c(F)cc1F)C(C)C.CC(C)C(N)C(=O)N1CCCC1C(=O)NC(C(=O)N1CCCC1C(=O)NC(CC(=O)N1CCn2c(nnc2C(F)(F)F)C1)Cc1cc(F)c(F)cc1F)C(C)C.Cl.O=CO[O-].[Na+].